The van der Waals surface area contributed by atoms with E-state index in [1.54, 1.807) is 14.2 Å². The topological polar surface area (TPSA) is 54.0 Å². The minimum absolute atomic E-state index is 0.341. The Morgan fingerprint density at radius 1 is 1.22 bits per heavy atom. The lowest BCUT2D eigenvalue weighted by Gasteiger charge is -2.27. The summed E-state index contributed by atoms with van der Waals surface area (Å²) < 4.78 is 21.1. The molecule has 1 aromatic carbocycles. The molecule has 0 fully saturated rings. The van der Waals surface area contributed by atoms with Crippen molar-refractivity contribution in [3.8, 4) is 11.5 Å². The number of fused-ring (bicyclic) bond motifs is 1. The van der Waals surface area contributed by atoms with E-state index in [1.807, 2.05) is 12.1 Å². The van der Waals surface area contributed by atoms with Gasteiger partial charge in [-0.15, -0.1) is 0 Å². The van der Waals surface area contributed by atoms with E-state index in [4.69, 9.17) is 18.9 Å². The molecule has 18 heavy (non-hydrogen) atoms. The van der Waals surface area contributed by atoms with Crippen LogP contribution in [0.25, 0.3) is 0 Å². The van der Waals surface area contributed by atoms with Crippen LogP contribution in [-0.2, 0) is 27.3 Å². The molecule has 0 saturated heterocycles. The van der Waals surface area contributed by atoms with Crippen molar-refractivity contribution in [2.24, 2.45) is 0 Å². The average molecular weight is 252 g/mol. The van der Waals surface area contributed by atoms with Crippen molar-refractivity contribution < 1.29 is 23.7 Å². The smallest absolute Gasteiger partial charge is 0.304 e. The molecule has 1 aromatic rings. The molecule has 0 N–H and O–H groups in total. The molecule has 2 rings (SSSR count). The van der Waals surface area contributed by atoms with Gasteiger partial charge in [-0.25, -0.2) is 0 Å². The standard InChI is InChI=1S/C13H16O5/c1-8(14)18-13-6-9-10(7-17-13)12(16-3)5-4-11(9)15-2/h4-5,13H,6-7H2,1-3H3. The van der Waals surface area contributed by atoms with Crippen molar-refractivity contribution in [1.29, 1.82) is 0 Å². The summed E-state index contributed by atoms with van der Waals surface area (Å²) in [6.45, 7) is 1.70. The van der Waals surface area contributed by atoms with Crippen molar-refractivity contribution >= 4 is 5.97 Å². The summed E-state index contributed by atoms with van der Waals surface area (Å²) in [5.74, 6) is 1.16. The molecule has 1 atom stereocenters. The van der Waals surface area contributed by atoms with E-state index < -0.39 is 6.29 Å². The number of carbonyl (C=O) groups is 1. The number of hydrogen-bond donors (Lipinski definition) is 0. The Morgan fingerprint density at radius 3 is 2.39 bits per heavy atom. The predicted molar refractivity (Wildman–Crippen MR) is 63.6 cm³/mol. The van der Waals surface area contributed by atoms with Crippen molar-refractivity contribution in [3.05, 3.63) is 23.3 Å². The van der Waals surface area contributed by atoms with Crippen LogP contribution in [0.3, 0.4) is 0 Å². The largest absolute Gasteiger partial charge is 0.496 e. The summed E-state index contributed by atoms with van der Waals surface area (Å²) in [7, 11) is 3.22. The van der Waals surface area contributed by atoms with Gasteiger partial charge in [0.15, 0.2) is 0 Å². The van der Waals surface area contributed by atoms with Crippen LogP contribution in [0.5, 0.6) is 11.5 Å². The molecule has 5 heteroatoms. The van der Waals surface area contributed by atoms with Crippen molar-refractivity contribution in [2.45, 2.75) is 26.2 Å². The summed E-state index contributed by atoms with van der Waals surface area (Å²) in [6, 6.07) is 3.68. The molecule has 98 valence electrons. The fourth-order valence-electron chi connectivity index (χ4n) is 2.08. The molecule has 1 aliphatic heterocycles. The molecule has 0 aliphatic carbocycles. The first-order chi connectivity index (χ1) is 8.65. The fraction of sp³-hybridized carbons (Fsp3) is 0.462. The van der Waals surface area contributed by atoms with Crippen molar-refractivity contribution in [2.75, 3.05) is 14.2 Å². The Labute approximate surface area is 106 Å². The van der Waals surface area contributed by atoms with Gasteiger partial charge in [-0.05, 0) is 12.1 Å². The van der Waals surface area contributed by atoms with Gasteiger partial charge in [0.2, 0.25) is 6.29 Å². The first-order valence-corrected chi connectivity index (χ1v) is 5.67. The highest BCUT2D eigenvalue weighted by Crippen LogP contribution is 2.35. The Morgan fingerprint density at radius 2 is 1.83 bits per heavy atom. The fourth-order valence-corrected chi connectivity index (χ4v) is 2.08. The molecule has 0 amide bonds. The third-order valence-corrected chi connectivity index (χ3v) is 2.87. The van der Waals surface area contributed by atoms with Crippen LogP contribution in [0.2, 0.25) is 0 Å². The summed E-state index contributed by atoms with van der Waals surface area (Å²) in [6.07, 6.45) is -0.0917. The number of esters is 1. The van der Waals surface area contributed by atoms with Crippen LogP contribution in [0.15, 0.2) is 12.1 Å². The first kappa shape index (κ1) is 12.7. The van der Waals surface area contributed by atoms with Gasteiger partial charge in [0.1, 0.15) is 11.5 Å². The third kappa shape index (κ3) is 2.41. The SMILES string of the molecule is COc1ccc(OC)c2c1COC(OC(C)=O)C2. The highest BCUT2D eigenvalue weighted by Gasteiger charge is 2.26. The summed E-state index contributed by atoms with van der Waals surface area (Å²) in [5, 5.41) is 0. The molecule has 1 aliphatic rings. The van der Waals surface area contributed by atoms with Gasteiger partial charge >= 0.3 is 5.97 Å². The van der Waals surface area contributed by atoms with Crippen LogP contribution in [0.4, 0.5) is 0 Å². The zero-order valence-electron chi connectivity index (χ0n) is 10.7. The average Bonchev–Trinajstić information content (AvgIpc) is 2.36. The number of benzene rings is 1. The van der Waals surface area contributed by atoms with Gasteiger partial charge in [0.25, 0.3) is 0 Å². The molecule has 5 nitrogen and oxygen atoms in total. The van der Waals surface area contributed by atoms with E-state index in [0.29, 0.717) is 13.0 Å². The van der Waals surface area contributed by atoms with E-state index in [1.165, 1.54) is 6.92 Å². The normalized spacial score (nSPS) is 17.8. The van der Waals surface area contributed by atoms with Crippen LogP contribution >= 0.6 is 0 Å². The van der Waals surface area contributed by atoms with Gasteiger partial charge in [0, 0.05) is 24.5 Å². The van der Waals surface area contributed by atoms with Crippen LogP contribution in [-0.4, -0.2) is 26.5 Å². The highest BCUT2D eigenvalue weighted by atomic mass is 16.7. The molecular formula is C13H16O5. The van der Waals surface area contributed by atoms with E-state index in [0.717, 1.165) is 22.6 Å². The number of rotatable bonds is 3. The Bertz CT molecular complexity index is 455. The lowest BCUT2D eigenvalue weighted by molar-refractivity contribution is -0.181. The highest BCUT2D eigenvalue weighted by molar-refractivity contribution is 5.66. The monoisotopic (exact) mass is 252 g/mol. The van der Waals surface area contributed by atoms with Gasteiger partial charge in [-0.2, -0.15) is 0 Å². The number of ether oxygens (including phenoxy) is 4. The van der Waals surface area contributed by atoms with Gasteiger partial charge in [-0.1, -0.05) is 0 Å². The lowest BCUT2D eigenvalue weighted by Crippen LogP contribution is -2.27. The maximum Gasteiger partial charge on any atom is 0.304 e. The van der Waals surface area contributed by atoms with Crippen LogP contribution < -0.4 is 9.47 Å². The van der Waals surface area contributed by atoms with E-state index in [9.17, 15) is 4.79 Å². The molecule has 0 bridgehead atoms. The Balaban J connectivity index is 2.31. The van der Waals surface area contributed by atoms with Gasteiger partial charge in [0.05, 0.1) is 20.8 Å². The minimum atomic E-state index is -0.559. The Kier molecular flexibility index (Phi) is 3.72. The van der Waals surface area contributed by atoms with Gasteiger partial charge < -0.3 is 18.9 Å². The van der Waals surface area contributed by atoms with Crippen molar-refractivity contribution in [1.82, 2.24) is 0 Å². The van der Waals surface area contributed by atoms with Crippen molar-refractivity contribution in [3.63, 3.8) is 0 Å². The number of hydrogen-bond acceptors (Lipinski definition) is 5. The summed E-state index contributed by atoms with van der Waals surface area (Å²) in [4.78, 5) is 10.9. The van der Waals surface area contributed by atoms with E-state index in [-0.39, 0.29) is 5.97 Å². The molecular weight excluding hydrogens is 236 g/mol. The summed E-state index contributed by atoms with van der Waals surface area (Å²) >= 11 is 0. The zero-order valence-corrected chi connectivity index (χ0v) is 10.7. The molecule has 1 unspecified atom stereocenters. The molecule has 0 saturated carbocycles. The Hall–Kier alpha value is -1.75. The van der Waals surface area contributed by atoms with Crippen LogP contribution in [0, 0.1) is 0 Å². The molecule has 1 heterocycles. The summed E-state index contributed by atoms with van der Waals surface area (Å²) in [5.41, 5.74) is 1.91. The van der Waals surface area contributed by atoms with Crippen LogP contribution in [0.1, 0.15) is 18.1 Å². The predicted octanol–water partition coefficient (Wildman–Crippen LogP) is 1.67. The molecule has 0 spiro atoms. The maximum absolute atomic E-state index is 10.9. The number of methoxy groups -OCH3 is 2. The second-order valence-electron chi connectivity index (χ2n) is 3.98. The molecule has 0 aromatic heterocycles. The maximum atomic E-state index is 10.9. The minimum Gasteiger partial charge on any atom is -0.496 e. The van der Waals surface area contributed by atoms with E-state index in [2.05, 4.69) is 0 Å². The second-order valence-corrected chi connectivity index (χ2v) is 3.98. The first-order valence-electron chi connectivity index (χ1n) is 5.67. The van der Waals surface area contributed by atoms with Gasteiger partial charge in [-0.3, -0.25) is 4.79 Å². The molecule has 0 radical (unpaired) electrons. The lowest BCUT2D eigenvalue weighted by atomic mass is 10.00. The zero-order chi connectivity index (χ0) is 13.1. The van der Waals surface area contributed by atoms with E-state index >= 15 is 0 Å². The number of carbonyl (C=O) groups excluding carboxylic acids is 1. The third-order valence-electron chi connectivity index (χ3n) is 2.87. The second kappa shape index (κ2) is 5.27. The quantitative estimate of drug-likeness (QED) is 0.766.